The lowest BCUT2D eigenvalue weighted by molar-refractivity contribution is -0.123. The maximum Gasteiger partial charge on any atom is 0.405 e. The zero-order valence-electron chi connectivity index (χ0n) is 16.7. The van der Waals surface area contributed by atoms with Gasteiger partial charge in [-0.1, -0.05) is 30.3 Å². The van der Waals surface area contributed by atoms with Crippen LogP contribution in [-0.2, 0) is 10.0 Å². The summed E-state index contributed by atoms with van der Waals surface area (Å²) in [6.07, 6.45) is -4.52. The van der Waals surface area contributed by atoms with E-state index in [1.165, 1.54) is 28.6 Å². The molecular weight excluding hydrogens is 455 g/mol. The van der Waals surface area contributed by atoms with E-state index in [9.17, 15) is 26.4 Å². The Morgan fingerprint density at radius 1 is 1.06 bits per heavy atom. The van der Waals surface area contributed by atoms with E-state index in [4.69, 9.17) is 0 Å². The average molecular weight is 478 g/mol. The van der Waals surface area contributed by atoms with E-state index in [2.05, 4.69) is 4.90 Å². The van der Waals surface area contributed by atoms with Crippen LogP contribution in [0, 0.1) is 0 Å². The standard InChI is InChI=1S/C20H22F3N3O3S.ClH/c1-25-11-12-26(18(13-25)15-5-3-2-4-6-15)30(28,29)17-9-7-16(8-10-17)19(27)24-14-20(21,22)23;/h2-10,18H,11-14H2,1H3,(H,24,27);1H. The molecule has 11 heteroatoms. The van der Waals surface area contributed by atoms with Gasteiger partial charge in [-0.05, 0) is 36.9 Å². The molecule has 1 N–H and O–H groups in total. The summed E-state index contributed by atoms with van der Waals surface area (Å²) in [5.41, 5.74) is 0.826. The molecule has 1 atom stereocenters. The lowest BCUT2D eigenvalue weighted by Crippen LogP contribution is -2.49. The molecule has 0 aliphatic carbocycles. The number of carbonyl (C=O) groups is 1. The molecule has 0 spiro atoms. The Labute approximate surface area is 185 Å². The van der Waals surface area contributed by atoms with Crippen molar-refractivity contribution in [3.05, 3.63) is 65.7 Å². The maximum atomic E-state index is 13.3. The van der Waals surface area contributed by atoms with Crippen molar-refractivity contribution in [2.45, 2.75) is 17.1 Å². The summed E-state index contributed by atoms with van der Waals surface area (Å²) in [5, 5.41) is 1.76. The molecule has 1 aliphatic rings. The molecule has 6 nitrogen and oxygen atoms in total. The minimum absolute atomic E-state index is 0. The highest BCUT2D eigenvalue weighted by Crippen LogP contribution is 2.30. The van der Waals surface area contributed by atoms with E-state index in [0.717, 1.165) is 5.56 Å². The predicted octanol–water partition coefficient (Wildman–Crippen LogP) is 3.08. The van der Waals surface area contributed by atoms with Crippen molar-refractivity contribution in [1.29, 1.82) is 0 Å². The number of nitrogens with one attached hydrogen (secondary N) is 1. The number of alkyl halides is 3. The largest absolute Gasteiger partial charge is 0.405 e. The molecule has 1 aliphatic heterocycles. The molecule has 1 amide bonds. The second kappa shape index (κ2) is 9.99. The van der Waals surface area contributed by atoms with Gasteiger partial charge in [-0.2, -0.15) is 17.5 Å². The quantitative estimate of drug-likeness (QED) is 0.718. The molecule has 1 unspecified atom stereocenters. The topological polar surface area (TPSA) is 69.7 Å². The molecule has 170 valence electrons. The highest BCUT2D eigenvalue weighted by molar-refractivity contribution is 7.89. The third-order valence-corrected chi connectivity index (χ3v) is 6.81. The Kier molecular flexibility index (Phi) is 8.09. The monoisotopic (exact) mass is 477 g/mol. The average Bonchev–Trinajstić information content (AvgIpc) is 2.72. The summed E-state index contributed by atoms with van der Waals surface area (Å²) in [7, 11) is -1.94. The van der Waals surface area contributed by atoms with Crippen LogP contribution in [0.25, 0.3) is 0 Å². The summed E-state index contributed by atoms with van der Waals surface area (Å²) in [6.45, 7) is -0.0557. The molecule has 0 bridgehead atoms. The van der Waals surface area contributed by atoms with Crippen LogP contribution >= 0.6 is 12.4 Å². The van der Waals surface area contributed by atoms with Gasteiger partial charge in [0, 0.05) is 25.2 Å². The lowest BCUT2D eigenvalue weighted by Gasteiger charge is -2.39. The predicted molar refractivity (Wildman–Crippen MR) is 113 cm³/mol. The van der Waals surface area contributed by atoms with Crippen molar-refractivity contribution in [3.63, 3.8) is 0 Å². The molecule has 31 heavy (non-hydrogen) atoms. The SMILES string of the molecule is CN1CCN(S(=O)(=O)c2ccc(C(=O)NCC(F)(F)F)cc2)C(c2ccccc2)C1.Cl. The van der Waals surface area contributed by atoms with Crippen LogP contribution in [0.15, 0.2) is 59.5 Å². The zero-order valence-corrected chi connectivity index (χ0v) is 18.3. The first-order valence-corrected chi connectivity index (χ1v) is 10.7. The molecule has 2 aromatic carbocycles. The van der Waals surface area contributed by atoms with Crippen LogP contribution in [0.5, 0.6) is 0 Å². The minimum atomic E-state index is -4.52. The van der Waals surface area contributed by atoms with Crippen molar-refractivity contribution in [2.24, 2.45) is 0 Å². The molecule has 0 aromatic heterocycles. The molecule has 0 saturated carbocycles. The number of rotatable bonds is 5. The fourth-order valence-corrected chi connectivity index (χ4v) is 4.93. The third-order valence-electron chi connectivity index (χ3n) is 4.89. The van der Waals surface area contributed by atoms with E-state index in [-0.39, 0.29) is 28.9 Å². The number of sulfonamides is 1. The molecule has 1 saturated heterocycles. The number of benzene rings is 2. The fourth-order valence-electron chi connectivity index (χ4n) is 3.33. The van der Waals surface area contributed by atoms with E-state index in [1.807, 2.05) is 37.4 Å². The van der Waals surface area contributed by atoms with Crippen molar-refractivity contribution >= 4 is 28.3 Å². The maximum absolute atomic E-state index is 13.3. The van der Waals surface area contributed by atoms with Crippen LogP contribution in [0.2, 0.25) is 0 Å². The summed E-state index contributed by atoms with van der Waals surface area (Å²) in [4.78, 5) is 13.9. The van der Waals surface area contributed by atoms with Gasteiger partial charge in [0.15, 0.2) is 0 Å². The van der Waals surface area contributed by atoms with Gasteiger partial charge in [0.1, 0.15) is 6.54 Å². The van der Waals surface area contributed by atoms with Crippen LogP contribution in [-0.4, -0.2) is 62.9 Å². The van der Waals surface area contributed by atoms with Crippen LogP contribution in [0.3, 0.4) is 0 Å². The number of halogens is 4. The van der Waals surface area contributed by atoms with Crippen molar-refractivity contribution < 1.29 is 26.4 Å². The number of hydrogen-bond acceptors (Lipinski definition) is 4. The van der Waals surface area contributed by atoms with Crippen LogP contribution < -0.4 is 5.32 Å². The number of hydrogen-bond donors (Lipinski definition) is 1. The lowest BCUT2D eigenvalue weighted by atomic mass is 10.1. The summed E-state index contributed by atoms with van der Waals surface area (Å²) in [6, 6.07) is 13.9. The number of carbonyl (C=O) groups excluding carboxylic acids is 1. The Morgan fingerprint density at radius 2 is 1.68 bits per heavy atom. The normalized spacial score (nSPS) is 18.3. The Morgan fingerprint density at radius 3 is 2.26 bits per heavy atom. The van der Waals surface area contributed by atoms with Gasteiger partial charge in [0.05, 0.1) is 10.9 Å². The molecule has 0 radical (unpaired) electrons. The van der Waals surface area contributed by atoms with E-state index in [1.54, 1.807) is 5.32 Å². The van der Waals surface area contributed by atoms with Gasteiger partial charge < -0.3 is 10.2 Å². The number of amides is 1. The van der Waals surface area contributed by atoms with E-state index < -0.39 is 28.7 Å². The first-order chi connectivity index (χ1) is 14.1. The van der Waals surface area contributed by atoms with Crippen LogP contribution in [0.1, 0.15) is 22.0 Å². The van der Waals surface area contributed by atoms with Gasteiger partial charge >= 0.3 is 6.18 Å². The number of likely N-dealkylation sites (N-methyl/N-ethyl adjacent to an activating group) is 1. The highest BCUT2D eigenvalue weighted by Gasteiger charge is 2.36. The minimum Gasteiger partial charge on any atom is -0.343 e. The first kappa shape index (κ1) is 25.1. The summed E-state index contributed by atoms with van der Waals surface area (Å²) in [5.74, 6) is -0.918. The van der Waals surface area contributed by atoms with Crippen molar-refractivity contribution in [2.75, 3.05) is 33.2 Å². The fraction of sp³-hybridized carbons (Fsp3) is 0.350. The highest BCUT2D eigenvalue weighted by atomic mass is 35.5. The Hall–Kier alpha value is -2.14. The Balaban J connectivity index is 0.00000341. The second-order valence-electron chi connectivity index (χ2n) is 7.13. The second-order valence-corrected chi connectivity index (χ2v) is 9.02. The van der Waals surface area contributed by atoms with Gasteiger partial charge in [0.25, 0.3) is 5.91 Å². The van der Waals surface area contributed by atoms with Crippen molar-refractivity contribution in [1.82, 2.24) is 14.5 Å². The van der Waals surface area contributed by atoms with Crippen LogP contribution in [0.4, 0.5) is 13.2 Å². The smallest absolute Gasteiger partial charge is 0.343 e. The van der Waals surface area contributed by atoms with E-state index >= 15 is 0 Å². The summed E-state index contributed by atoms with van der Waals surface area (Å²) >= 11 is 0. The molecule has 2 aromatic rings. The van der Waals surface area contributed by atoms with Gasteiger partial charge in [-0.3, -0.25) is 4.79 Å². The first-order valence-electron chi connectivity index (χ1n) is 9.28. The molecule has 3 rings (SSSR count). The zero-order chi connectivity index (χ0) is 21.9. The number of nitrogens with zero attached hydrogens (tertiary/aromatic N) is 2. The van der Waals surface area contributed by atoms with Gasteiger partial charge in [0.2, 0.25) is 10.0 Å². The van der Waals surface area contributed by atoms with Gasteiger partial charge in [-0.15, -0.1) is 12.4 Å². The van der Waals surface area contributed by atoms with Crippen molar-refractivity contribution in [3.8, 4) is 0 Å². The van der Waals surface area contributed by atoms with Gasteiger partial charge in [-0.25, -0.2) is 8.42 Å². The molecule has 1 fully saturated rings. The van der Waals surface area contributed by atoms with E-state index in [0.29, 0.717) is 19.6 Å². The summed E-state index contributed by atoms with van der Waals surface area (Å²) < 4.78 is 64.8. The molecular formula is C20H23ClF3N3O3S. The third kappa shape index (κ3) is 6.19. The molecule has 1 heterocycles. The Bertz CT molecular complexity index is 986. The number of piperazine rings is 1.